The van der Waals surface area contributed by atoms with Crippen molar-refractivity contribution in [2.75, 3.05) is 36.5 Å². The minimum absolute atomic E-state index is 0.248. The van der Waals surface area contributed by atoms with E-state index in [1.165, 1.54) is 18.5 Å². The highest BCUT2D eigenvalue weighted by Gasteiger charge is 2.11. The summed E-state index contributed by atoms with van der Waals surface area (Å²) in [4.78, 5) is 18.7. The van der Waals surface area contributed by atoms with Crippen LogP contribution in [0.4, 0.5) is 11.4 Å². The zero-order chi connectivity index (χ0) is 19.8. The highest BCUT2D eigenvalue weighted by Crippen LogP contribution is 2.21. The lowest BCUT2D eigenvalue weighted by Gasteiger charge is -2.29. The average molecular weight is 377 g/mol. The highest BCUT2D eigenvalue weighted by molar-refractivity contribution is 6.10. The van der Waals surface area contributed by atoms with Gasteiger partial charge in [-0.1, -0.05) is 6.07 Å². The summed E-state index contributed by atoms with van der Waals surface area (Å²) in [6.45, 7) is 3.10. The Kier molecular flexibility index (Phi) is 6.54. The Labute approximate surface area is 164 Å². The van der Waals surface area contributed by atoms with Crippen molar-refractivity contribution in [1.29, 1.82) is 5.41 Å². The number of pyridine rings is 1. The Morgan fingerprint density at radius 1 is 1.29 bits per heavy atom. The third-order valence-electron chi connectivity index (χ3n) is 4.40. The molecule has 0 saturated carbocycles. The Balaban J connectivity index is 1.70. The van der Waals surface area contributed by atoms with E-state index < -0.39 is 0 Å². The molecule has 1 aromatic heterocycles. The Bertz CT molecular complexity index is 901. The molecule has 1 saturated heterocycles. The second-order valence-electron chi connectivity index (χ2n) is 6.20. The minimum Gasteiger partial charge on any atom is -0.404 e. The molecular formula is C21H23N5O2. The van der Waals surface area contributed by atoms with E-state index in [4.69, 9.17) is 15.9 Å². The fourth-order valence-corrected chi connectivity index (χ4v) is 2.97. The molecule has 1 aliphatic heterocycles. The number of hydrogen-bond donors (Lipinski definition) is 3. The summed E-state index contributed by atoms with van der Waals surface area (Å²) in [5.74, 6) is -0.248. The molecule has 0 radical (unpaired) electrons. The van der Waals surface area contributed by atoms with Gasteiger partial charge in [0.2, 0.25) is 5.91 Å². The van der Waals surface area contributed by atoms with Gasteiger partial charge in [-0.2, -0.15) is 0 Å². The van der Waals surface area contributed by atoms with Crippen LogP contribution >= 0.6 is 0 Å². The second kappa shape index (κ2) is 9.48. The number of nitrogens with zero attached hydrogens (tertiary/aromatic N) is 2. The first-order valence-corrected chi connectivity index (χ1v) is 9.00. The zero-order valence-corrected chi connectivity index (χ0v) is 15.5. The van der Waals surface area contributed by atoms with Gasteiger partial charge >= 0.3 is 0 Å². The van der Waals surface area contributed by atoms with Crippen molar-refractivity contribution in [2.24, 2.45) is 5.73 Å². The molecule has 0 unspecified atom stereocenters. The second-order valence-corrected chi connectivity index (χ2v) is 6.20. The van der Waals surface area contributed by atoms with Crippen molar-refractivity contribution >= 4 is 35.1 Å². The number of rotatable bonds is 6. The lowest BCUT2D eigenvalue weighted by atomic mass is 10.0. The third-order valence-corrected chi connectivity index (χ3v) is 4.40. The van der Waals surface area contributed by atoms with Gasteiger partial charge in [0, 0.05) is 66.5 Å². The first-order valence-electron chi connectivity index (χ1n) is 9.00. The SMILES string of the molecule is N=C/C(=C\N)c1ccncc1/C=C/C(=O)Nc1cccc(N2CCOCC2)c1. The zero-order valence-electron chi connectivity index (χ0n) is 15.5. The van der Waals surface area contributed by atoms with Crippen LogP contribution in [0.25, 0.3) is 11.6 Å². The number of hydrogen-bond acceptors (Lipinski definition) is 6. The minimum atomic E-state index is -0.248. The molecule has 2 aromatic rings. The first kappa shape index (κ1) is 19.3. The molecule has 2 heterocycles. The lowest BCUT2D eigenvalue weighted by Crippen LogP contribution is -2.36. The van der Waals surface area contributed by atoms with E-state index >= 15 is 0 Å². The number of morpholine rings is 1. The largest absolute Gasteiger partial charge is 0.404 e. The Morgan fingerprint density at radius 3 is 2.86 bits per heavy atom. The monoisotopic (exact) mass is 377 g/mol. The number of aromatic nitrogens is 1. The number of nitrogens with two attached hydrogens (primary N) is 1. The molecule has 0 spiro atoms. The quantitative estimate of drug-likeness (QED) is 0.530. The molecule has 0 atom stereocenters. The van der Waals surface area contributed by atoms with Crippen molar-refractivity contribution in [3.05, 3.63) is 66.1 Å². The molecule has 1 fully saturated rings. The Hall–Kier alpha value is -3.45. The van der Waals surface area contributed by atoms with Crippen LogP contribution in [0.2, 0.25) is 0 Å². The molecule has 1 aromatic carbocycles. The molecule has 144 valence electrons. The molecular weight excluding hydrogens is 354 g/mol. The first-order chi connectivity index (χ1) is 13.7. The molecule has 0 aliphatic carbocycles. The van der Waals surface area contributed by atoms with Crippen LogP contribution < -0.4 is 16.0 Å². The summed E-state index contributed by atoms with van der Waals surface area (Å²) < 4.78 is 5.38. The van der Waals surface area contributed by atoms with Gasteiger partial charge in [-0.05, 0) is 35.9 Å². The van der Waals surface area contributed by atoms with E-state index in [9.17, 15) is 4.79 Å². The van der Waals surface area contributed by atoms with Crippen molar-refractivity contribution in [3.63, 3.8) is 0 Å². The van der Waals surface area contributed by atoms with Gasteiger partial charge in [-0.3, -0.25) is 9.78 Å². The van der Waals surface area contributed by atoms with E-state index in [-0.39, 0.29) is 5.91 Å². The van der Waals surface area contributed by atoms with Crippen LogP contribution in [0.3, 0.4) is 0 Å². The maximum absolute atomic E-state index is 12.4. The summed E-state index contributed by atoms with van der Waals surface area (Å²) in [6.07, 6.45) is 8.89. The van der Waals surface area contributed by atoms with Gasteiger partial charge in [0.15, 0.2) is 0 Å². The molecule has 4 N–H and O–H groups in total. The van der Waals surface area contributed by atoms with E-state index in [0.717, 1.165) is 30.0 Å². The van der Waals surface area contributed by atoms with Gasteiger partial charge in [0.05, 0.1) is 13.2 Å². The molecule has 7 heteroatoms. The maximum atomic E-state index is 12.4. The van der Waals surface area contributed by atoms with Gasteiger partial charge in [0.25, 0.3) is 0 Å². The van der Waals surface area contributed by atoms with Crippen LogP contribution in [-0.2, 0) is 9.53 Å². The smallest absolute Gasteiger partial charge is 0.248 e. The van der Waals surface area contributed by atoms with Crippen LogP contribution in [-0.4, -0.2) is 43.4 Å². The van der Waals surface area contributed by atoms with E-state index in [0.29, 0.717) is 24.4 Å². The highest BCUT2D eigenvalue weighted by atomic mass is 16.5. The summed E-state index contributed by atoms with van der Waals surface area (Å²) in [6, 6.07) is 9.52. The van der Waals surface area contributed by atoms with Gasteiger partial charge in [-0.25, -0.2) is 0 Å². The molecule has 1 aliphatic rings. The van der Waals surface area contributed by atoms with Crippen molar-refractivity contribution in [1.82, 2.24) is 4.98 Å². The predicted molar refractivity (Wildman–Crippen MR) is 112 cm³/mol. The van der Waals surface area contributed by atoms with Gasteiger partial charge in [-0.15, -0.1) is 0 Å². The fourth-order valence-electron chi connectivity index (χ4n) is 2.97. The lowest BCUT2D eigenvalue weighted by molar-refractivity contribution is -0.111. The molecule has 3 rings (SSSR count). The van der Waals surface area contributed by atoms with Crippen LogP contribution in [0.5, 0.6) is 0 Å². The Morgan fingerprint density at radius 2 is 2.11 bits per heavy atom. The van der Waals surface area contributed by atoms with E-state index in [1.54, 1.807) is 24.5 Å². The fraction of sp³-hybridized carbons (Fsp3) is 0.190. The number of carbonyl (C=O) groups excluding carboxylic acids is 1. The molecule has 7 nitrogen and oxygen atoms in total. The van der Waals surface area contributed by atoms with Gasteiger partial charge in [0.1, 0.15) is 0 Å². The molecule has 28 heavy (non-hydrogen) atoms. The predicted octanol–water partition coefficient (Wildman–Crippen LogP) is 2.52. The normalized spacial score (nSPS) is 14.9. The summed E-state index contributed by atoms with van der Waals surface area (Å²) in [7, 11) is 0. The third kappa shape index (κ3) is 4.83. The van der Waals surface area contributed by atoms with Crippen molar-refractivity contribution in [3.8, 4) is 0 Å². The number of benzene rings is 1. The summed E-state index contributed by atoms with van der Waals surface area (Å²) in [5.41, 5.74) is 9.36. The number of carbonyl (C=O) groups is 1. The molecule has 0 bridgehead atoms. The number of allylic oxidation sites excluding steroid dienone is 1. The standard InChI is InChI=1S/C21H23N5O2/c22-13-17(14-23)20-6-7-24-15-16(20)4-5-21(27)25-18-2-1-3-19(12-18)26-8-10-28-11-9-26/h1-7,12-15,22H,8-11,23H2,(H,25,27)/b5-4+,17-14+,22-13?. The van der Waals surface area contributed by atoms with Crippen LogP contribution in [0, 0.1) is 5.41 Å². The average Bonchev–Trinajstić information content (AvgIpc) is 2.75. The number of nitrogens with one attached hydrogen (secondary N) is 2. The number of amides is 1. The molecule has 1 amide bonds. The van der Waals surface area contributed by atoms with E-state index in [2.05, 4.69) is 15.2 Å². The number of anilines is 2. The van der Waals surface area contributed by atoms with Crippen LogP contribution in [0.1, 0.15) is 11.1 Å². The maximum Gasteiger partial charge on any atom is 0.248 e. The van der Waals surface area contributed by atoms with Gasteiger partial charge < -0.3 is 26.1 Å². The summed E-state index contributed by atoms with van der Waals surface area (Å²) in [5, 5.41) is 10.3. The van der Waals surface area contributed by atoms with Crippen molar-refractivity contribution in [2.45, 2.75) is 0 Å². The summed E-state index contributed by atoms with van der Waals surface area (Å²) >= 11 is 0. The topological polar surface area (TPSA) is 104 Å². The van der Waals surface area contributed by atoms with E-state index in [1.807, 2.05) is 24.3 Å². The number of ether oxygens (including phenoxy) is 1. The van der Waals surface area contributed by atoms with Crippen molar-refractivity contribution < 1.29 is 9.53 Å². The van der Waals surface area contributed by atoms with Crippen LogP contribution in [0.15, 0.2) is 55.0 Å².